The first-order valence-corrected chi connectivity index (χ1v) is 9.67. The Kier molecular flexibility index (Phi) is 4.86. The van der Waals surface area contributed by atoms with Gasteiger partial charge in [-0.25, -0.2) is 4.79 Å². The molecule has 2 aromatic carbocycles. The van der Waals surface area contributed by atoms with Crippen molar-refractivity contribution in [1.29, 1.82) is 0 Å². The molecule has 0 atom stereocenters. The predicted octanol–water partition coefficient (Wildman–Crippen LogP) is 3.39. The molecule has 10 nitrogen and oxygen atoms in total. The molecule has 4 aromatic rings. The lowest BCUT2D eigenvalue weighted by Crippen LogP contribution is -2.25. The molecular weight excluding hydrogens is 416 g/mol. The smallest absolute Gasteiger partial charge is 0.338 e. The van der Waals surface area contributed by atoms with Crippen LogP contribution in [0.5, 0.6) is 5.75 Å². The van der Waals surface area contributed by atoms with Crippen LogP contribution in [0.4, 0.5) is 5.69 Å². The van der Waals surface area contributed by atoms with Crippen molar-refractivity contribution in [3.05, 3.63) is 65.7 Å². The van der Waals surface area contributed by atoms with Crippen molar-refractivity contribution >= 4 is 17.6 Å². The van der Waals surface area contributed by atoms with Crippen molar-refractivity contribution in [2.75, 3.05) is 11.9 Å². The summed E-state index contributed by atoms with van der Waals surface area (Å²) in [6, 6.07) is 14.1. The van der Waals surface area contributed by atoms with E-state index in [1.165, 1.54) is 12.1 Å². The number of anilines is 1. The maximum Gasteiger partial charge on any atom is 0.338 e. The Hall–Kier alpha value is -4.47. The highest BCUT2D eigenvalue weighted by atomic mass is 16.5. The topological polar surface area (TPSA) is 130 Å². The molecule has 0 spiro atoms. The number of rotatable bonds is 5. The number of ether oxygens (including phenoxy) is 2. The van der Waals surface area contributed by atoms with Crippen LogP contribution in [0.3, 0.4) is 0 Å². The van der Waals surface area contributed by atoms with Crippen molar-refractivity contribution in [2.24, 2.45) is 0 Å². The van der Waals surface area contributed by atoms with Gasteiger partial charge in [-0.3, -0.25) is 4.79 Å². The molecule has 32 heavy (non-hydrogen) atoms. The summed E-state index contributed by atoms with van der Waals surface area (Å²) in [4.78, 5) is 23.8. The number of esters is 1. The van der Waals surface area contributed by atoms with Crippen molar-refractivity contribution in [2.45, 2.75) is 13.5 Å². The van der Waals surface area contributed by atoms with Crippen LogP contribution in [0.1, 0.15) is 22.0 Å². The number of aromatic nitrogens is 3. The van der Waals surface area contributed by atoms with Gasteiger partial charge in [-0.05, 0) is 25.1 Å². The van der Waals surface area contributed by atoms with Crippen LogP contribution in [0, 0.1) is 6.92 Å². The van der Waals surface area contributed by atoms with Crippen molar-refractivity contribution in [3.63, 3.8) is 0 Å². The van der Waals surface area contributed by atoms with Crippen molar-refractivity contribution in [3.8, 4) is 28.5 Å². The van der Waals surface area contributed by atoms with Gasteiger partial charge in [0.15, 0.2) is 13.2 Å². The highest BCUT2D eigenvalue weighted by Crippen LogP contribution is 2.33. The number of hydrogen-bond acceptors (Lipinski definition) is 9. The third kappa shape index (κ3) is 3.69. The molecule has 5 rings (SSSR count). The van der Waals surface area contributed by atoms with Gasteiger partial charge in [0.2, 0.25) is 0 Å². The fraction of sp³-hybridized carbons (Fsp3) is 0.136. The van der Waals surface area contributed by atoms with Gasteiger partial charge in [-0.15, -0.1) is 10.2 Å². The van der Waals surface area contributed by atoms with E-state index in [1.807, 2.05) is 30.3 Å². The monoisotopic (exact) mass is 432 g/mol. The number of nitrogens with zero attached hydrogens (tertiary/aromatic N) is 3. The zero-order valence-electron chi connectivity index (χ0n) is 16.8. The van der Waals surface area contributed by atoms with E-state index in [0.29, 0.717) is 28.5 Å². The number of carbonyl (C=O) groups excluding carboxylic acids is 2. The summed E-state index contributed by atoms with van der Waals surface area (Å²) in [5, 5.41) is 14.8. The maximum atomic E-state index is 12.4. The van der Waals surface area contributed by atoms with Crippen LogP contribution in [-0.2, 0) is 16.1 Å². The van der Waals surface area contributed by atoms with Gasteiger partial charge in [0.25, 0.3) is 17.7 Å². The quantitative estimate of drug-likeness (QED) is 0.472. The van der Waals surface area contributed by atoms with Crippen LogP contribution in [0.2, 0.25) is 0 Å². The molecule has 1 N–H and O–H groups in total. The molecule has 1 amide bonds. The lowest BCUT2D eigenvalue weighted by atomic mass is 10.1. The average Bonchev–Trinajstić information content (AvgIpc) is 3.43. The van der Waals surface area contributed by atoms with Gasteiger partial charge in [-0.2, -0.15) is 0 Å². The van der Waals surface area contributed by atoms with Crippen LogP contribution in [0.15, 0.2) is 57.5 Å². The molecule has 0 saturated heterocycles. The Morgan fingerprint density at radius 1 is 1.16 bits per heavy atom. The summed E-state index contributed by atoms with van der Waals surface area (Å²) < 4.78 is 21.6. The maximum absolute atomic E-state index is 12.4. The van der Waals surface area contributed by atoms with Crippen LogP contribution < -0.4 is 10.1 Å². The number of benzene rings is 2. The van der Waals surface area contributed by atoms with Gasteiger partial charge < -0.3 is 23.7 Å². The second kappa shape index (κ2) is 7.99. The molecule has 1 aliphatic rings. The number of hydrogen-bond donors (Lipinski definition) is 1. The van der Waals surface area contributed by atoms with E-state index in [4.69, 9.17) is 18.4 Å². The summed E-state index contributed by atoms with van der Waals surface area (Å²) >= 11 is 0. The molecule has 0 fully saturated rings. The molecule has 3 heterocycles. The highest BCUT2D eigenvalue weighted by molar-refractivity contribution is 5.97. The number of fused-ring (bicyclic) bond motifs is 1. The summed E-state index contributed by atoms with van der Waals surface area (Å²) in [5.74, 6) is 0.409. The van der Waals surface area contributed by atoms with E-state index in [0.717, 1.165) is 5.56 Å². The molecule has 0 aliphatic carbocycles. The highest BCUT2D eigenvalue weighted by Gasteiger charge is 2.23. The van der Waals surface area contributed by atoms with E-state index in [2.05, 4.69) is 20.7 Å². The normalized spacial score (nSPS) is 12.6. The standard InChI is InChI=1S/C22H16N4O6/c1-12-19(20(26-32-12)13-5-3-2-4-6-13)21-25-24-18(31-21)11-30-22(28)14-7-8-15-16(9-14)29-10-17(27)23-15/h2-9H,10-11H2,1H3,(H,23,27). The van der Waals surface area contributed by atoms with E-state index in [9.17, 15) is 9.59 Å². The molecule has 160 valence electrons. The van der Waals surface area contributed by atoms with Gasteiger partial charge in [0, 0.05) is 5.56 Å². The van der Waals surface area contributed by atoms with Crippen LogP contribution in [0.25, 0.3) is 22.7 Å². The molecular formula is C22H16N4O6. The SMILES string of the molecule is Cc1onc(-c2ccccc2)c1-c1nnc(COC(=O)c2ccc3c(c2)OCC(=O)N3)o1. The van der Waals surface area contributed by atoms with E-state index in [-0.39, 0.29) is 36.5 Å². The minimum absolute atomic E-state index is 0.108. The summed E-state index contributed by atoms with van der Waals surface area (Å²) in [5.41, 5.74) is 2.77. The number of amides is 1. The molecule has 0 saturated carbocycles. The van der Waals surface area contributed by atoms with Crippen LogP contribution >= 0.6 is 0 Å². The van der Waals surface area contributed by atoms with Crippen molar-refractivity contribution in [1.82, 2.24) is 15.4 Å². The van der Waals surface area contributed by atoms with E-state index in [1.54, 1.807) is 13.0 Å². The summed E-state index contributed by atoms with van der Waals surface area (Å²) in [6.07, 6.45) is 0. The molecule has 10 heteroatoms. The summed E-state index contributed by atoms with van der Waals surface area (Å²) in [7, 11) is 0. The lowest BCUT2D eigenvalue weighted by molar-refractivity contribution is -0.118. The first kappa shape index (κ1) is 19.5. The second-order valence-corrected chi connectivity index (χ2v) is 6.95. The number of nitrogens with one attached hydrogen (secondary N) is 1. The largest absolute Gasteiger partial charge is 0.482 e. The fourth-order valence-corrected chi connectivity index (χ4v) is 3.24. The zero-order chi connectivity index (χ0) is 22.1. The zero-order valence-corrected chi connectivity index (χ0v) is 16.8. The minimum atomic E-state index is -0.598. The lowest BCUT2D eigenvalue weighted by Gasteiger charge is -2.18. The second-order valence-electron chi connectivity index (χ2n) is 6.95. The predicted molar refractivity (Wildman–Crippen MR) is 110 cm³/mol. The molecule has 0 radical (unpaired) electrons. The molecule has 0 unspecified atom stereocenters. The molecule has 0 bridgehead atoms. The van der Waals surface area contributed by atoms with Gasteiger partial charge in [-0.1, -0.05) is 35.5 Å². The van der Waals surface area contributed by atoms with Gasteiger partial charge in [0.05, 0.1) is 11.3 Å². The van der Waals surface area contributed by atoms with E-state index < -0.39 is 5.97 Å². The van der Waals surface area contributed by atoms with Gasteiger partial charge in [0.1, 0.15) is 22.8 Å². The Bertz CT molecular complexity index is 1310. The van der Waals surface area contributed by atoms with Gasteiger partial charge >= 0.3 is 5.97 Å². The first-order chi connectivity index (χ1) is 15.6. The number of aryl methyl sites for hydroxylation is 1. The van der Waals surface area contributed by atoms with Crippen LogP contribution in [-0.4, -0.2) is 33.8 Å². The molecule has 1 aliphatic heterocycles. The third-order valence-electron chi connectivity index (χ3n) is 4.77. The Labute approximate surface area is 181 Å². The van der Waals surface area contributed by atoms with Crippen molar-refractivity contribution < 1.29 is 28.0 Å². The summed E-state index contributed by atoms with van der Waals surface area (Å²) in [6.45, 7) is 1.42. The fourth-order valence-electron chi connectivity index (χ4n) is 3.24. The Balaban J connectivity index is 1.30. The third-order valence-corrected chi connectivity index (χ3v) is 4.77. The first-order valence-electron chi connectivity index (χ1n) is 9.67. The Morgan fingerprint density at radius 2 is 2.00 bits per heavy atom. The van der Waals surface area contributed by atoms with E-state index >= 15 is 0 Å². The Morgan fingerprint density at radius 3 is 2.84 bits per heavy atom. The number of carbonyl (C=O) groups is 2. The molecule has 2 aromatic heterocycles. The average molecular weight is 432 g/mol. The minimum Gasteiger partial charge on any atom is -0.482 e.